The lowest BCUT2D eigenvalue weighted by Crippen LogP contribution is -2.13. The Morgan fingerprint density at radius 1 is 1.26 bits per heavy atom. The number of aromatic nitrogens is 1. The number of aromatic hydroxyl groups is 1. The van der Waals surface area contributed by atoms with E-state index in [9.17, 15) is 5.11 Å². The van der Waals surface area contributed by atoms with Gasteiger partial charge >= 0.3 is 0 Å². The van der Waals surface area contributed by atoms with E-state index in [1.165, 1.54) is 6.07 Å². The molecule has 0 saturated heterocycles. The number of benzene rings is 1. The van der Waals surface area contributed by atoms with Crippen LogP contribution in [0.4, 0.5) is 0 Å². The normalized spacial score (nSPS) is 12.1. The number of aliphatic hydroxyl groups excluding tert-OH is 1. The van der Waals surface area contributed by atoms with E-state index in [2.05, 4.69) is 4.98 Å². The summed E-state index contributed by atoms with van der Waals surface area (Å²) in [6.07, 6.45) is 2.25. The smallest absolute Gasteiger partial charge is 0.195 e. The molecule has 2 rings (SSSR count). The van der Waals surface area contributed by atoms with Crippen molar-refractivity contribution in [1.29, 1.82) is 0 Å². The molecular weight excluding hydrogens is 266 g/mol. The molecule has 0 bridgehead atoms. The molecule has 0 radical (unpaired) electrons. The van der Waals surface area contributed by atoms with E-state index in [4.69, 9.17) is 21.4 Å². The summed E-state index contributed by atoms with van der Waals surface area (Å²) >= 11 is 5.66. The first kappa shape index (κ1) is 13.6. The van der Waals surface area contributed by atoms with E-state index in [1.807, 2.05) is 18.2 Å². The van der Waals surface area contributed by atoms with E-state index in [0.717, 1.165) is 11.3 Å². The number of phenols is 1. The first-order chi connectivity index (χ1) is 9.19. The number of pyridine rings is 1. The molecule has 0 saturated carbocycles. The number of rotatable bonds is 5. The van der Waals surface area contributed by atoms with Gasteiger partial charge in [0.2, 0.25) is 0 Å². The van der Waals surface area contributed by atoms with Crippen molar-refractivity contribution >= 4 is 11.6 Å². The predicted molar refractivity (Wildman–Crippen MR) is 72.5 cm³/mol. The van der Waals surface area contributed by atoms with Crippen LogP contribution in [-0.2, 0) is 6.42 Å². The fraction of sp³-hybridized carbons (Fsp3) is 0.214. The highest BCUT2D eigenvalue weighted by Gasteiger charge is 2.08. The van der Waals surface area contributed by atoms with Gasteiger partial charge in [-0.3, -0.25) is 4.98 Å². The zero-order valence-electron chi connectivity index (χ0n) is 10.2. The van der Waals surface area contributed by atoms with Gasteiger partial charge in [0, 0.05) is 29.9 Å². The molecule has 2 aromatic rings. The summed E-state index contributed by atoms with van der Waals surface area (Å²) in [6, 6.07) is 10.6. The van der Waals surface area contributed by atoms with Gasteiger partial charge in [0.05, 0.1) is 6.61 Å². The van der Waals surface area contributed by atoms with Gasteiger partial charge < -0.3 is 14.9 Å². The molecule has 0 aliphatic rings. The van der Waals surface area contributed by atoms with Crippen molar-refractivity contribution in [1.82, 2.24) is 4.98 Å². The second-order valence-corrected chi connectivity index (χ2v) is 4.49. The summed E-state index contributed by atoms with van der Waals surface area (Å²) in [5, 5.41) is 18.7. The van der Waals surface area contributed by atoms with Crippen LogP contribution in [0.3, 0.4) is 0 Å². The average molecular weight is 280 g/mol. The highest BCUT2D eigenvalue weighted by atomic mass is 35.5. The third-order valence-electron chi connectivity index (χ3n) is 2.56. The fourth-order valence-electron chi connectivity index (χ4n) is 1.65. The fourth-order valence-corrected chi connectivity index (χ4v) is 1.75. The molecule has 5 heteroatoms. The second-order valence-electron chi connectivity index (χ2n) is 4.00. The van der Waals surface area contributed by atoms with Gasteiger partial charge in [0.25, 0.3) is 0 Å². The summed E-state index contributed by atoms with van der Waals surface area (Å²) in [7, 11) is 0. The van der Waals surface area contributed by atoms with Crippen LogP contribution < -0.4 is 4.74 Å². The number of ether oxygens (including phenoxy) is 1. The van der Waals surface area contributed by atoms with Gasteiger partial charge in [0.1, 0.15) is 11.5 Å². The zero-order valence-corrected chi connectivity index (χ0v) is 10.9. The molecule has 1 unspecified atom stereocenters. The molecule has 0 aliphatic carbocycles. The lowest BCUT2D eigenvalue weighted by Gasteiger charge is -2.11. The van der Waals surface area contributed by atoms with Crippen LogP contribution in [0.2, 0.25) is 0 Å². The largest absolute Gasteiger partial charge is 0.508 e. The Morgan fingerprint density at radius 2 is 2.11 bits per heavy atom. The van der Waals surface area contributed by atoms with Crippen molar-refractivity contribution in [2.75, 3.05) is 6.61 Å². The van der Waals surface area contributed by atoms with Crippen molar-refractivity contribution in [3.63, 3.8) is 0 Å². The summed E-state index contributed by atoms with van der Waals surface area (Å²) in [6.45, 7) is -0.294. The average Bonchev–Trinajstić information content (AvgIpc) is 2.43. The van der Waals surface area contributed by atoms with E-state index >= 15 is 0 Å². The van der Waals surface area contributed by atoms with Crippen molar-refractivity contribution in [2.24, 2.45) is 0 Å². The Kier molecular flexibility index (Phi) is 4.60. The van der Waals surface area contributed by atoms with Crippen LogP contribution in [0.1, 0.15) is 11.3 Å². The standard InChI is InChI=1S/C14H14ClNO3/c15-14(9-17)19-12-5-4-10(13(18)8-12)7-11-3-1-2-6-16-11/h1-6,8,14,17-18H,7,9H2. The molecule has 1 atom stereocenters. The molecule has 0 fully saturated rings. The van der Waals surface area contributed by atoms with Crippen molar-refractivity contribution < 1.29 is 14.9 Å². The highest BCUT2D eigenvalue weighted by molar-refractivity contribution is 6.19. The van der Waals surface area contributed by atoms with E-state index in [0.29, 0.717) is 12.2 Å². The van der Waals surface area contributed by atoms with Crippen LogP contribution in [0.25, 0.3) is 0 Å². The maximum Gasteiger partial charge on any atom is 0.195 e. The summed E-state index contributed by atoms with van der Waals surface area (Å²) in [4.78, 5) is 4.20. The minimum atomic E-state index is -0.818. The van der Waals surface area contributed by atoms with Crippen LogP contribution in [0.5, 0.6) is 11.5 Å². The first-order valence-corrected chi connectivity index (χ1v) is 6.26. The Labute approximate surface area is 116 Å². The Bertz CT molecular complexity index is 533. The zero-order chi connectivity index (χ0) is 13.7. The third kappa shape index (κ3) is 3.84. The van der Waals surface area contributed by atoms with Gasteiger partial charge in [-0.05, 0) is 18.2 Å². The predicted octanol–water partition coefficient (Wildman–Crippen LogP) is 2.31. The number of nitrogens with zero attached hydrogens (tertiary/aromatic N) is 1. The van der Waals surface area contributed by atoms with Crippen molar-refractivity contribution in [3.05, 3.63) is 53.9 Å². The van der Waals surface area contributed by atoms with Crippen LogP contribution in [0, 0.1) is 0 Å². The lowest BCUT2D eigenvalue weighted by molar-refractivity contribution is 0.172. The second kappa shape index (κ2) is 6.41. The Morgan fingerprint density at radius 3 is 2.74 bits per heavy atom. The SMILES string of the molecule is OCC(Cl)Oc1ccc(Cc2ccccn2)c(O)c1. The highest BCUT2D eigenvalue weighted by Crippen LogP contribution is 2.26. The van der Waals surface area contributed by atoms with Crippen molar-refractivity contribution in [2.45, 2.75) is 12.0 Å². The van der Waals surface area contributed by atoms with E-state index < -0.39 is 5.56 Å². The summed E-state index contributed by atoms with van der Waals surface area (Å²) in [5.41, 5.74) is 0.805. The van der Waals surface area contributed by atoms with Crippen LogP contribution in [-0.4, -0.2) is 27.4 Å². The minimum Gasteiger partial charge on any atom is -0.508 e. The van der Waals surface area contributed by atoms with Crippen LogP contribution in [0.15, 0.2) is 42.6 Å². The number of halogens is 1. The molecule has 0 spiro atoms. The number of hydrogen-bond acceptors (Lipinski definition) is 4. The molecule has 1 heterocycles. The quantitative estimate of drug-likeness (QED) is 0.825. The number of phenolic OH excluding ortho intramolecular Hbond substituents is 1. The summed E-state index contributed by atoms with van der Waals surface area (Å²) < 4.78 is 5.19. The molecule has 2 N–H and O–H groups in total. The minimum absolute atomic E-state index is 0.116. The molecular formula is C14H14ClNO3. The number of hydrogen-bond donors (Lipinski definition) is 2. The molecule has 0 amide bonds. The van der Waals surface area contributed by atoms with Crippen LogP contribution >= 0.6 is 11.6 Å². The maximum absolute atomic E-state index is 9.92. The topological polar surface area (TPSA) is 62.6 Å². The van der Waals surface area contributed by atoms with Gasteiger partial charge in [0.15, 0.2) is 5.56 Å². The maximum atomic E-state index is 9.92. The summed E-state index contributed by atoms with van der Waals surface area (Å²) in [5.74, 6) is 0.529. The molecule has 1 aromatic heterocycles. The Hall–Kier alpha value is -1.78. The molecule has 100 valence electrons. The number of aliphatic hydroxyl groups is 1. The Balaban J connectivity index is 2.11. The first-order valence-electron chi connectivity index (χ1n) is 5.82. The van der Waals surface area contributed by atoms with E-state index in [1.54, 1.807) is 18.3 Å². The van der Waals surface area contributed by atoms with E-state index in [-0.39, 0.29) is 12.4 Å². The van der Waals surface area contributed by atoms with Crippen molar-refractivity contribution in [3.8, 4) is 11.5 Å². The van der Waals surface area contributed by atoms with Gasteiger partial charge in [-0.15, -0.1) is 0 Å². The monoisotopic (exact) mass is 279 g/mol. The van der Waals surface area contributed by atoms with Gasteiger partial charge in [-0.2, -0.15) is 0 Å². The van der Waals surface area contributed by atoms with Gasteiger partial charge in [-0.25, -0.2) is 0 Å². The third-order valence-corrected chi connectivity index (χ3v) is 2.79. The molecule has 4 nitrogen and oxygen atoms in total. The molecule has 0 aliphatic heterocycles. The molecule has 19 heavy (non-hydrogen) atoms. The van der Waals surface area contributed by atoms with Gasteiger partial charge in [-0.1, -0.05) is 23.7 Å². The molecule has 1 aromatic carbocycles. The lowest BCUT2D eigenvalue weighted by atomic mass is 10.1. The number of alkyl halides is 1.